The number of non-ortho nitro benzene ring substituents is 1. The average molecular weight is 452 g/mol. The lowest BCUT2D eigenvalue weighted by molar-refractivity contribution is -0.385. The van der Waals surface area contributed by atoms with Crippen LogP contribution in [0.5, 0.6) is 11.5 Å². The van der Waals surface area contributed by atoms with Crippen molar-refractivity contribution in [1.82, 2.24) is 0 Å². The van der Waals surface area contributed by atoms with Crippen LogP contribution in [0.25, 0.3) is 6.08 Å². The van der Waals surface area contributed by atoms with Crippen LogP contribution in [0, 0.1) is 10.1 Å². The number of rotatable bonds is 6. The van der Waals surface area contributed by atoms with E-state index >= 15 is 0 Å². The first-order valence-electron chi connectivity index (χ1n) is 8.99. The van der Waals surface area contributed by atoms with E-state index in [0.717, 1.165) is 18.2 Å². The number of benzene rings is 2. The summed E-state index contributed by atoms with van der Waals surface area (Å²) in [4.78, 5) is 33.9. The molecule has 1 atom stereocenters. The van der Waals surface area contributed by atoms with Crippen LogP contribution in [0.15, 0.2) is 42.5 Å². The maximum absolute atomic E-state index is 13.2. The molecule has 0 saturated carbocycles. The molecule has 0 bridgehead atoms. The molecule has 12 heteroatoms. The molecule has 0 aromatic heterocycles. The van der Waals surface area contributed by atoms with Crippen molar-refractivity contribution in [1.29, 1.82) is 0 Å². The van der Waals surface area contributed by atoms with Crippen LogP contribution in [-0.4, -0.2) is 29.7 Å². The summed E-state index contributed by atoms with van der Waals surface area (Å²) in [5, 5.41) is 12.7. The second-order valence-electron chi connectivity index (χ2n) is 6.50. The topological polar surface area (TPSA) is 117 Å². The van der Waals surface area contributed by atoms with Gasteiger partial charge in [-0.15, -0.1) is 0 Å². The van der Waals surface area contributed by atoms with Crippen molar-refractivity contribution in [2.24, 2.45) is 0 Å². The van der Waals surface area contributed by atoms with Gasteiger partial charge in [0.25, 0.3) is 11.6 Å². The van der Waals surface area contributed by atoms with Gasteiger partial charge in [-0.3, -0.25) is 14.9 Å². The number of fused-ring (bicyclic) bond motifs is 1. The van der Waals surface area contributed by atoms with E-state index in [-0.39, 0.29) is 6.79 Å². The number of carbonyl (C=O) groups excluding carboxylic acids is 2. The first-order chi connectivity index (χ1) is 15.0. The molecular weight excluding hydrogens is 437 g/mol. The van der Waals surface area contributed by atoms with Crippen molar-refractivity contribution in [2.75, 3.05) is 12.1 Å². The number of amides is 1. The van der Waals surface area contributed by atoms with Gasteiger partial charge >= 0.3 is 12.1 Å². The molecule has 1 aliphatic heterocycles. The van der Waals surface area contributed by atoms with E-state index in [1.54, 1.807) is 18.2 Å². The predicted molar refractivity (Wildman–Crippen MR) is 104 cm³/mol. The zero-order valence-electron chi connectivity index (χ0n) is 16.3. The normalized spacial score (nSPS) is 13.6. The molecule has 0 unspecified atom stereocenters. The summed E-state index contributed by atoms with van der Waals surface area (Å²) < 4.78 is 54.9. The number of nitro groups is 1. The Morgan fingerprint density at radius 2 is 1.91 bits per heavy atom. The van der Waals surface area contributed by atoms with E-state index in [4.69, 9.17) is 14.2 Å². The maximum atomic E-state index is 13.2. The molecule has 168 valence electrons. The van der Waals surface area contributed by atoms with E-state index < -0.39 is 46.0 Å². The van der Waals surface area contributed by atoms with Gasteiger partial charge in [-0.05, 0) is 36.8 Å². The number of anilines is 1. The molecule has 1 amide bonds. The van der Waals surface area contributed by atoms with Gasteiger partial charge in [0, 0.05) is 18.2 Å². The lowest BCUT2D eigenvalue weighted by Gasteiger charge is -2.16. The van der Waals surface area contributed by atoms with Gasteiger partial charge in [-0.25, -0.2) is 4.79 Å². The number of alkyl halides is 3. The third-order valence-corrected chi connectivity index (χ3v) is 4.25. The van der Waals surface area contributed by atoms with Gasteiger partial charge in [0.1, 0.15) is 0 Å². The molecule has 0 fully saturated rings. The Morgan fingerprint density at radius 1 is 1.19 bits per heavy atom. The monoisotopic (exact) mass is 452 g/mol. The summed E-state index contributed by atoms with van der Waals surface area (Å²) in [6.45, 7) is 1.25. The minimum absolute atomic E-state index is 0.0853. The van der Waals surface area contributed by atoms with Gasteiger partial charge in [-0.1, -0.05) is 6.07 Å². The van der Waals surface area contributed by atoms with Gasteiger partial charge in [0.05, 0.1) is 16.2 Å². The van der Waals surface area contributed by atoms with Crippen molar-refractivity contribution in [2.45, 2.75) is 19.2 Å². The second-order valence-corrected chi connectivity index (χ2v) is 6.50. The van der Waals surface area contributed by atoms with Crippen molar-refractivity contribution >= 4 is 29.3 Å². The summed E-state index contributed by atoms with van der Waals surface area (Å²) >= 11 is 0. The third-order valence-electron chi connectivity index (χ3n) is 4.25. The number of ether oxygens (including phenoxy) is 3. The van der Waals surface area contributed by atoms with E-state index in [9.17, 15) is 32.9 Å². The summed E-state index contributed by atoms with van der Waals surface area (Å²) in [5.41, 5.74) is -2.30. The fraction of sp³-hybridized carbons (Fsp3) is 0.200. The Kier molecular flexibility index (Phi) is 6.32. The van der Waals surface area contributed by atoms with Crippen LogP contribution in [0.1, 0.15) is 18.1 Å². The number of nitrogens with zero attached hydrogens (tertiary/aromatic N) is 1. The SMILES string of the molecule is C[C@H](OC(=O)/C=C/c1ccc2c(c1)OCO2)C(=O)Nc1ccc([N+](=O)[O-])cc1C(F)(F)F. The summed E-state index contributed by atoms with van der Waals surface area (Å²) in [7, 11) is 0. The Hall–Kier alpha value is -4.09. The van der Waals surface area contributed by atoms with Crippen LogP contribution in [0.2, 0.25) is 0 Å². The van der Waals surface area contributed by atoms with Gasteiger partial charge in [-0.2, -0.15) is 13.2 Å². The molecular formula is C20H15F3N2O7. The van der Waals surface area contributed by atoms with Crippen molar-refractivity contribution in [3.05, 3.63) is 63.7 Å². The molecule has 0 aliphatic carbocycles. The molecule has 2 aromatic rings. The highest BCUT2D eigenvalue weighted by molar-refractivity contribution is 5.97. The maximum Gasteiger partial charge on any atom is 0.418 e. The zero-order chi connectivity index (χ0) is 23.5. The average Bonchev–Trinajstić information content (AvgIpc) is 3.19. The molecule has 0 saturated heterocycles. The van der Waals surface area contributed by atoms with E-state index in [1.807, 2.05) is 5.32 Å². The summed E-state index contributed by atoms with van der Waals surface area (Å²) in [6.07, 6.45) is -3.97. The van der Waals surface area contributed by atoms with E-state index in [1.165, 1.54) is 13.0 Å². The molecule has 32 heavy (non-hydrogen) atoms. The van der Waals surface area contributed by atoms with Crippen molar-refractivity contribution < 1.29 is 41.9 Å². The van der Waals surface area contributed by atoms with E-state index in [0.29, 0.717) is 23.1 Å². The first-order valence-corrected chi connectivity index (χ1v) is 8.99. The highest BCUT2D eigenvalue weighted by atomic mass is 19.4. The molecule has 0 radical (unpaired) electrons. The molecule has 9 nitrogen and oxygen atoms in total. The minimum Gasteiger partial charge on any atom is -0.454 e. The number of esters is 1. The first kappa shape index (κ1) is 22.6. The van der Waals surface area contributed by atoms with Crippen LogP contribution in [-0.2, 0) is 20.5 Å². The smallest absolute Gasteiger partial charge is 0.418 e. The minimum atomic E-state index is -4.96. The van der Waals surface area contributed by atoms with E-state index in [2.05, 4.69) is 0 Å². The largest absolute Gasteiger partial charge is 0.454 e. The molecule has 0 spiro atoms. The number of hydrogen-bond acceptors (Lipinski definition) is 7. The quantitative estimate of drug-likeness (QED) is 0.306. The Labute approximate surface area is 178 Å². The Balaban J connectivity index is 1.64. The fourth-order valence-corrected chi connectivity index (χ4v) is 2.67. The number of halogens is 3. The lowest BCUT2D eigenvalue weighted by atomic mass is 10.1. The van der Waals surface area contributed by atoms with Crippen LogP contribution in [0.3, 0.4) is 0 Å². The van der Waals surface area contributed by atoms with Gasteiger partial charge < -0.3 is 19.5 Å². The second kappa shape index (κ2) is 8.96. The number of nitro benzene ring substituents is 1. The number of nitrogens with one attached hydrogen (secondary N) is 1. The molecule has 1 heterocycles. The van der Waals surface area contributed by atoms with Crippen molar-refractivity contribution in [3.8, 4) is 11.5 Å². The summed E-state index contributed by atoms with van der Waals surface area (Å²) in [6, 6.07) is 6.80. The zero-order valence-corrected chi connectivity index (χ0v) is 16.3. The predicted octanol–water partition coefficient (Wildman–Crippen LogP) is 3.93. The van der Waals surface area contributed by atoms with Crippen LogP contribution >= 0.6 is 0 Å². The number of hydrogen-bond donors (Lipinski definition) is 1. The summed E-state index contributed by atoms with van der Waals surface area (Å²) in [5.74, 6) is -0.907. The third kappa shape index (κ3) is 5.33. The van der Waals surface area contributed by atoms with Gasteiger partial charge in [0.2, 0.25) is 6.79 Å². The Bertz CT molecular complexity index is 1100. The van der Waals surface area contributed by atoms with Crippen LogP contribution in [0.4, 0.5) is 24.5 Å². The highest BCUT2D eigenvalue weighted by Crippen LogP contribution is 2.37. The van der Waals surface area contributed by atoms with Gasteiger partial charge in [0.15, 0.2) is 17.6 Å². The fourth-order valence-electron chi connectivity index (χ4n) is 2.67. The highest BCUT2D eigenvalue weighted by Gasteiger charge is 2.36. The lowest BCUT2D eigenvalue weighted by Crippen LogP contribution is -2.30. The van der Waals surface area contributed by atoms with Crippen LogP contribution < -0.4 is 14.8 Å². The van der Waals surface area contributed by atoms with Crippen molar-refractivity contribution in [3.63, 3.8) is 0 Å². The molecule has 1 N–H and O–H groups in total. The molecule has 1 aliphatic rings. The Morgan fingerprint density at radius 3 is 2.59 bits per heavy atom. The standard InChI is InChI=1S/C20H15F3N2O7/c1-11(32-18(26)7-3-12-2-6-16-17(8-12)31-10-30-16)19(27)24-15-5-4-13(25(28)29)9-14(15)20(21,22)23/h2-9,11H,10H2,1H3,(H,24,27)/b7-3+/t11-/m0/s1. The molecule has 2 aromatic carbocycles. The molecule has 3 rings (SSSR count). The number of carbonyl (C=O) groups is 2.